The summed E-state index contributed by atoms with van der Waals surface area (Å²) in [5.41, 5.74) is 1.40. The molecular formula is C30H41N3O6S. The minimum Gasteiger partial charge on any atom is -0.486 e. The molecule has 10 heteroatoms. The van der Waals surface area contributed by atoms with Gasteiger partial charge in [0.1, 0.15) is 19.3 Å². The van der Waals surface area contributed by atoms with Crippen LogP contribution in [0.1, 0.15) is 63.9 Å². The molecule has 2 amide bonds. The SMILES string of the molecule is CC[C@@H](C(=O)NC1CCCCC1)N(Cc1ccccc1)C(=O)CCCN(c1ccc2c(c1)OCCO2)S(C)(=O)=O. The summed E-state index contributed by atoms with van der Waals surface area (Å²) in [6.45, 7) is 3.20. The van der Waals surface area contributed by atoms with Gasteiger partial charge in [0.15, 0.2) is 11.5 Å². The number of hydrogen-bond acceptors (Lipinski definition) is 6. The maximum Gasteiger partial charge on any atom is 0.243 e. The third kappa shape index (κ3) is 7.90. The van der Waals surface area contributed by atoms with Crippen molar-refractivity contribution in [3.8, 4) is 11.5 Å². The molecular weight excluding hydrogens is 530 g/mol. The van der Waals surface area contributed by atoms with Crippen molar-refractivity contribution in [2.45, 2.75) is 76.9 Å². The molecule has 40 heavy (non-hydrogen) atoms. The molecule has 1 heterocycles. The molecule has 0 saturated heterocycles. The topological polar surface area (TPSA) is 105 Å². The van der Waals surface area contributed by atoms with Crippen LogP contribution in [0.2, 0.25) is 0 Å². The molecule has 0 radical (unpaired) electrons. The number of sulfonamides is 1. The van der Waals surface area contributed by atoms with Gasteiger partial charge in [0.25, 0.3) is 0 Å². The predicted octanol–water partition coefficient (Wildman–Crippen LogP) is 4.26. The van der Waals surface area contributed by atoms with Crippen LogP contribution in [0.15, 0.2) is 48.5 Å². The van der Waals surface area contributed by atoms with Gasteiger partial charge in [-0.25, -0.2) is 8.42 Å². The largest absolute Gasteiger partial charge is 0.486 e. The molecule has 2 aromatic rings. The van der Waals surface area contributed by atoms with E-state index in [4.69, 9.17) is 9.47 Å². The van der Waals surface area contributed by atoms with Crippen LogP contribution < -0.4 is 19.1 Å². The highest BCUT2D eigenvalue weighted by Crippen LogP contribution is 2.34. The summed E-state index contributed by atoms with van der Waals surface area (Å²) in [4.78, 5) is 28.7. The highest BCUT2D eigenvalue weighted by atomic mass is 32.2. The third-order valence-electron chi connectivity index (χ3n) is 7.50. The Morgan fingerprint density at radius 2 is 1.70 bits per heavy atom. The first-order valence-corrected chi connectivity index (χ1v) is 16.1. The number of fused-ring (bicyclic) bond motifs is 1. The maximum atomic E-state index is 13.6. The fourth-order valence-corrected chi connectivity index (χ4v) is 6.39. The van der Waals surface area contributed by atoms with Crippen molar-refractivity contribution in [1.82, 2.24) is 10.2 Å². The molecule has 0 bridgehead atoms. The second kappa shape index (κ2) is 13.9. The lowest BCUT2D eigenvalue weighted by molar-refractivity contribution is -0.141. The lowest BCUT2D eigenvalue weighted by Gasteiger charge is -2.33. The minimum absolute atomic E-state index is 0.108. The summed E-state index contributed by atoms with van der Waals surface area (Å²) in [6.07, 6.45) is 7.39. The number of carbonyl (C=O) groups excluding carboxylic acids is 2. The van der Waals surface area contributed by atoms with Gasteiger partial charge in [-0.2, -0.15) is 0 Å². The number of nitrogens with zero attached hydrogens (tertiary/aromatic N) is 2. The fraction of sp³-hybridized carbons (Fsp3) is 0.533. The first-order chi connectivity index (χ1) is 19.3. The Balaban J connectivity index is 1.46. The van der Waals surface area contributed by atoms with Crippen LogP contribution in [0.3, 0.4) is 0 Å². The van der Waals surface area contributed by atoms with Gasteiger partial charge >= 0.3 is 0 Å². The van der Waals surface area contributed by atoms with E-state index in [1.165, 1.54) is 10.7 Å². The quantitative estimate of drug-likeness (QED) is 0.408. The molecule has 1 fully saturated rings. The Hall–Kier alpha value is -3.27. The summed E-state index contributed by atoms with van der Waals surface area (Å²) in [5.74, 6) is 0.780. The first kappa shape index (κ1) is 29.7. The van der Waals surface area contributed by atoms with Crippen LogP contribution in [-0.2, 0) is 26.2 Å². The zero-order valence-electron chi connectivity index (χ0n) is 23.5. The van der Waals surface area contributed by atoms with Gasteiger partial charge in [0.2, 0.25) is 21.8 Å². The molecule has 2 aromatic carbocycles. The monoisotopic (exact) mass is 571 g/mol. The zero-order valence-corrected chi connectivity index (χ0v) is 24.3. The van der Waals surface area contributed by atoms with E-state index in [1.54, 1.807) is 23.1 Å². The molecule has 1 aliphatic carbocycles. The lowest BCUT2D eigenvalue weighted by atomic mass is 9.95. The molecule has 1 atom stereocenters. The molecule has 218 valence electrons. The summed E-state index contributed by atoms with van der Waals surface area (Å²) >= 11 is 0. The van der Waals surface area contributed by atoms with Crippen LogP contribution in [0.4, 0.5) is 5.69 Å². The van der Waals surface area contributed by atoms with Crippen LogP contribution in [0.25, 0.3) is 0 Å². The van der Waals surface area contributed by atoms with Crippen LogP contribution >= 0.6 is 0 Å². The van der Waals surface area contributed by atoms with Crippen molar-refractivity contribution >= 4 is 27.5 Å². The first-order valence-electron chi connectivity index (χ1n) is 14.3. The van der Waals surface area contributed by atoms with Gasteiger partial charge in [-0.3, -0.25) is 13.9 Å². The summed E-state index contributed by atoms with van der Waals surface area (Å²) < 4.78 is 37.8. The standard InChI is InChI=1S/C30H41N3O6S/c1-3-26(30(35)31-24-13-8-5-9-14-24)32(22-23-11-6-4-7-12-23)29(34)15-10-18-33(40(2,36)37)25-16-17-27-28(21-25)39-20-19-38-27/h4,6-7,11-12,16-17,21,24,26H,3,5,8-10,13-15,18-20,22H2,1-2H3,(H,31,35)/t26-/m0/s1. The van der Waals surface area contributed by atoms with Gasteiger partial charge in [-0.1, -0.05) is 56.5 Å². The number of amides is 2. The molecule has 2 aliphatic rings. The number of carbonyl (C=O) groups is 2. The van der Waals surface area contributed by atoms with Crippen LogP contribution in [0, 0.1) is 0 Å². The van der Waals surface area contributed by atoms with Crippen molar-refractivity contribution in [1.29, 1.82) is 0 Å². The number of anilines is 1. The van der Waals surface area contributed by atoms with Crippen molar-refractivity contribution in [2.75, 3.05) is 30.3 Å². The van der Waals surface area contributed by atoms with Crippen molar-refractivity contribution in [3.63, 3.8) is 0 Å². The van der Waals surface area contributed by atoms with E-state index in [0.29, 0.717) is 49.8 Å². The van der Waals surface area contributed by atoms with Crippen molar-refractivity contribution in [3.05, 3.63) is 54.1 Å². The Kier molecular flexibility index (Phi) is 10.3. The normalized spacial score (nSPS) is 16.1. The predicted molar refractivity (Wildman–Crippen MR) is 155 cm³/mol. The number of hydrogen-bond donors (Lipinski definition) is 1. The second-order valence-corrected chi connectivity index (χ2v) is 12.4. The van der Waals surface area contributed by atoms with E-state index >= 15 is 0 Å². The van der Waals surface area contributed by atoms with E-state index in [0.717, 1.165) is 37.5 Å². The van der Waals surface area contributed by atoms with Gasteiger partial charge in [0.05, 0.1) is 11.9 Å². The average Bonchev–Trinajstić information content (AvgIpc) is 2.95. The third-order valence-corrected chi connectivity index (χ3v) is 8.69. The molecule has 1 saturated carbocycles. The lowest BCUT2D eigenvalue weighted by Crippen LogP contribution is -2.51. The van der Waals surface area contributed by atoms with Crippen molar-refractivity contribution < 1.29 is 27.5 Å². The van der Waals surface area contributed by atoms with E-state index in [2.05, 4.69) is 5.32 Å². The van der Waals surface area contributed by atoms with E-state index in [9.17, 15) is 18.0 Å². The summed E-state index contributed by atoms with van der Waals surface area (Å²) in [6, 6.07) is 14.2. The Morgan fingerprint density at radius 3 is 2.38 bits per heavy atom. The number of rotatable bonds is 12. The van der Waals surface area contributed by atoms with E-state index in [1.807, 2.05) is 37.3 Å². The second-order valence-electron chi connectivity index (χ2n) is 10.5. The number of benzene rings is 2. The molecule has 9 nitrogen and oxygen atoms in total. The van der Waals surface area contributed by atoms with Gasteiger partial charge in [-0.15, -0.1) is 0 Å². The number of nitrogens with one attached hydrogen (secondary N) is 1. The molecule has 0 spiro atoms. The molecule has 0 unspecified atom stereocenters. The van der Waals surface area contributed by atoms with Crippen LogP contribution in [-0.4, -0.2) is 63.2 Å². The summed E-state index contributed by atoms with van der Waals surface area (Å²) in [5, 5.41) is 3.19. The Morgan fingerprint density at radius 1 is 1.00 bits per heavy atom. The van der Waals surface area contributed by atoms with Gasteiger partial charge in [-0.05, 0) is 43.4 Å². The van der Waals surface area contributed by atoms with Gasteiger partial charge in [0, 0.05) is 31.6 Å². The van der Waals surface area contributed by atoms with Gasteiger partial charge < -0.3 is 19.7 Å². The molecule has 1 N–H and O–H groups in total. The molecule has 0 aromatic heterocycles. The van der Waals surface area contributed by atoms with E-state index in [-0.39, 0.29) is 30.8 Å². The molecule has 1 aliphatic heterocycles. The Bertz CT molecular complexity index is 1250. The average molecular weight is 572 g/mol. The number of ether oxygens (including phenoxy) is 2. The van der Waals surface area contributed by atoms with Crippen LogP contribution in [0.5, 0.6) is 11.5 Å². The molecule has 4 rings (SSSR count). The van der Waals surface area contributed by atoms with E-state index < -0.39 is 16.1 Å². The fourth-order valence-electron chi connectivity index (χ4n) is 5.43. The minimum atomic E-state index is -3.61. The highest BCUT2D eigenvalue weighted by molar-refractivity contribution is 7.92. The van der Waals surface area contributed by atoms with Crippen molar-refractivity contribution in [2.24, 2.45) is 0 Å². The zero-order chi connectivity index (χ0) is 28.5. The smallest absolute Gasteiger partial charge is 0.243 e. The highest BCUT2D eigenvalue weighted by Gasteiger charge is 2.30. The Labute approximate surface area is 237 Å². The maximum absolute atomic E-state index is 13.6. The summed E-state index contributed by atoms with van der Waals surface area (Å²) in [7, 11) is -3.61.